The van der Waals surface area contributed by atoms with Gasteiger partial charge in [0.1, 0.15) is 0 Å². The van der Waals surface area contributed by atoms with E-state index in [1.807, 2.05) is 11.3 Å². The number of unbranched alkanes of at least 4 members (excludes halogenated alkanes) is 3. The Morgan fingerprint density at radius 3 is 2.46 bits per heavy atom. The van der Waals surface area contributed by atoms with E-state index in [0.717, 1.165) is 32.1 Å². The molecule has 1 aromatic carbocycles. The van der Waals surface area contributed by atoms with Gasteiger partial charge in [0, 0.05) is 16.2 Å². The second-order valence-electron chi connectivity index (χ2n) is 6.45. The van der Waals surface area contributed by atoms with Crippen molar-refractivity contribution in [1.29, 1.82) is 0 Å². The van der Waals surface area contributed by atoms with Gasteiger partial charge in [0.25, 0.3) is 0 Å². The number of carboxylic acid groups (broad SMARTS) is 1. The molecule has 2 nitrogen and oxygen atoms in total. The van der Waals surface area contributed by atoms with Crippen LogP contribution in [0.5, 0.6) is 0 Å². The third-order valence-electron chi connectivity index (χ3n) is 4.32. The molecule has 24 heavy (non-hydrogen) atoms. The van der Waals surface area contributed by atoms with Gasteiger partial charge in [-0.15, -0.1) is 11.3 Å². The molecule has 1 N–H and O–H groups in total. The second-order valence-corrected chi connectivity index (χ2v) is 7.79. The Labute approximate surface area is 149 Å². The molecule has 0 aliphatic heterocycles. The maximum absolute atomic E-state index is 10.5. The van der Waals surface area contributed by atoms with Crippen molar-refractivity contribution in [2.45, 2.75) is 64.7 Å². The Morgan fingerprint density at radius 1 is 0.958 bits per heavy atom. The van der Waals surface area contributed by atoms with Gasteiger partial charge in [-0.1, -0.05) is 43.2 Å². The first kappa shape index (κ1) is 18.7. The Balaban J connectivity index is 1.72. The van der Waals surface area contributed by atoms with Gasteiger partial charge in [-0.2, -0.15) is 0 Å². The van der Waals surface area contributed by atoms with Crippen LogP contribution in [-0.2, 0) is 24.1 Å². The zero-order chi connectivity index (χ0) is 17.2. The quantitative estimate of drug-likeness (QED) is 0.522. The fraction of sp³-hybridized carbons (Fsp3) is 0.476. The monoisotopic (exact) mass is 344 g/mol. The number of carboxylic acids is 1. The fourth-order valence-corrected chi connectivity index (χ4v) is 4.21. The summed E-state index contributed by atoms with van der Waals surface area (Å²) >= 11 is 1.94. The molecule has 130 valence electrons. The molecule has 0 radical (unpaired) electrons. The molecule has 0 aliphatic rings. The molecule has 0 fully saturated rings. The standard InChI is InChI=1S/C21H28O2S/c1-17-16-19(13-7-2-3-8-15-21(22)23)20(24-17)14-9-12-18-10-5-4-6-11-18/h4-6,10-11,16H,2-3,7-9,12-15H2,1H3,(H,22,23). The average Bonchev–Trinajstić information content (AvgIpc) is 2.91. The minimum atomic E-state index is -0.677. The molecule has 0 spiro atoms. The first-order valence-electron chi connectivity index (χ1n) is 8.99. The van der Waals surface area contributed by atoms with Gasteiger partial charge < -0.3 is 5.11 Å². The maximum Gasteiger partial charge on any atom is 0.303 e. The maximum atomic E-state index is 10.5. The summed E-state index contributed by atoms with van der Waals surface area (Å²) in [5.41, 5.74) is 2.94. The lowest BCUT2D eigenvalue weighted by Gasteiger charge is -2.05. The van der Waals surface area contributed by atoms with Gasteiger partial charge in [-0.25, -0.2) is 0 Å². The topological polar surface area (TPSA) is 37.3 Å². The van der Waals surface area contributed by atoms with E-state index in [4.69, 9.17) is 5.11 Å². The van der Waals surface area contributed by atoms with Crippen LogP contribution in [0, 0.1) is 6.92 Å². The van der Waals surface area contributed by atoms with Crippen LogP contribution < -0.4 is 0 Å². The highest BCUT2D eigenvalue weighted by atomic mass is 32.1. The molecule has 1 aromatic heterocycles. The van der Waals surface area contributed by atoms with E-state index in [1.54, 1.807) is 4.88 Å². The van der Waals surface area contributed by atoms with Crippen LogP contribution in [0.2, 0.25) is 0 Å². The van der Waals surface area contributed by atoms with Crippen molar-refractivity contribution in [2.24, 2.45) is 0 Å². The van der Waals surface area contributed by atoms with E-state index < -0.39 is 5.97 Å². The zero-order valence-corrected chi connectivity index (χ0v) is 15.4. The van der Waals surface area contributed by atoms with Gasteiger partial charge in [-0.3, -0.25) is 4.79 Å². The molecule has 0 aliphatic carbocycles. The van der Waals surface area contributed by atoms with Crippen molar-refractivity contribution < 1.29 is 9.90 Å². The molecule has 0 amide bonds. The number of rotatable bonds is 11. The van der Waals surface area contributed by atoms with Crippen molar-refractivity contribution in [3.63, 3.8) is 0 Å². The van der Waals surface area contributed by atoms with Crippen LogP contribution in [0.3, 0.4) is 0 Å². The molecule has 2 aromatic rings. The molecule has 3 heteroatoms. The summed E-state index contributed by atoms with van der Waals surface area (Å²) in [5.74, 6) is -0.677. The van der Waals surface area contributed by atoms with Gasteiger partial charge in [-0.05, 0) is 62.6 Å². The Kier molecular flexibility index (Phi) is 8.03. The number of carbonyl (C=O) groups is 1. The van der Waals surface area contributed by atoms with E-state index in [1.165, 1.54) is 35.3 Å². The summed E-state index contributed by atoms with van der Waals surface area (Å²) in [6, 6.07) is 13.1. The largest absolute Gasteiger partial charge is 0.481 e. The summed E-state index contributed by atoms with van der Waals surface area (Å²) in [6.07, 6.45) is 9.10. The Morgan fingerprint density at radius 2 is 1.71 bits per heavy atom. The molecule has 0 saturated heterocycles. The number of hydrogen-bond acceptors (Lipinski definition) is 2. The summed E-state index contributed by atoms with van der Waals surface area (Å²) in [5, 5.41) is 8.65. The van der Waals surface area contributed by atoms with Gasteiger partial charge in [0.05, 0.1) is 0 Å². The highest BCUT2D eigenvalue weighted by Crippen LogP contribution is 2.25. The Hall–Kier alpha value is -1.61. The number of aliphatic carboxylic acids is 1. The normalized spacial score (nSPS) is 10.9. The lowest BCUT2D eigenvalue weighted by molar-refractivity contribution is -0.137. The van der Waals surface area contributed by atoms with Crippen LogP contribution >= 0.6 is 11.3 Å². The predicted octanol–water partition coefficient (Wildman–Crippen LogP) is 5.81. The molecule has 0 saturated carbocycles. The zero-order valence-electron chi connectivity index (χ0n) is 14.6. The molecular weight excluding hydrogens is 316 g/mol. The lowest BCUT2D eigenvalue weighted by Crippen LogP contribution is -1.95. The summed E-state index contributed by atoms with van der Waals surface area (Å²) < 4.78 is 0. The molecular formula is C21H28O2S. The van der Waals surface area contributed by atoms with Gasteiger partial charge in [0.2, 0.25) is 0 Å². The minimum absolute atomic E-state index is 0.308. The van der Waals surface area contributed by atoms with Crippen molar-refractivity contribution >= 4 is 17.3 Å². The van der Waals surface area contributed by atoms with E-state index in [9.17, 15) is 4.79 Å². The van der Waals surface area contributed by atoms with E-state index in [2.05, 4.69) is 43.3 Å². The highest BCUT2D eigenvalue weighted by Gasteiger charge is 2.07. The lowest BCUT2D eigenvalue weighted by atomic mass is 10.0. The number of aryl methyl sites for hydroxylation is 4. The van der Waals surface area contributed by atoms with Crippen LogP contribution in [0.4, 0.5) is 0 Å². The second kappa shape index (κ2) is 10.3. The van der Waals surface area contributed by atoms with Crippen LogP contribution in [-0.4, -0.2) is 11.1 Å². The van der Waals surface area contributed by atoms with Crippen molar-refractivity contribution in [3.05, 3.63) is 57.3 Å². The average molecular weight is 345 g/mol. The summed E-state index contributed by atoms with van der Waals surface area (Å²) in [7, 11) is 0. The first-order valence-corrected chi connectivity index (χ1v) is 9.80. The van der Waals surface area contributed by atoms with Crippen molar-refractivity contribution in [1.82, 2.24) is 0 Å². The predicted molar refractivity (Wildman–Crippen MR) is 102 cm³/mol. The molecule has 2 rings (SSSR count). The molecule has 1 heterocycles. The number of hydrogen-bond donors (Lipinski definition) is 1. The molecule has 0 atom stereocenters. The number of benzene rings is 1. The van der Waals surface area contributed by atoms with Gasteiger partial charge in [0.15, 0.2) is 0 Å². The SMILES string of the molecule is Cc1cc(CCCCCCC(=O)O)c(CCCc2ccccc2)s1. The first-order chi connectivity index (χ1) is 11.6. The van der Waals surface area contributed by atoms with E-state index >= 15 is 0 Å². The highest BCUT2D eigenvalue weighted by molar-refractivity contribution is 7.12. The summed E-state index contributed by atoms with van der Waals surface area (Å²) in [4.78, 5) is 13.5. The molecule has 0 unspecified atom stereocenters. The van der Waals surface area contributed by atoms with Crippen molar-refractivity contribution in [3.8, 4) is 0 Å². The van der Waals surface area contributed by atoms with Crippen LogP contribution in [0.25, 0.3) is 0 Å². The van der Waals surface area contributed by atoms with Crippen LogP contribution in [0.15, 0.2) is 36.4 Å². The third kappa shape index (κ3) is 6.88. The minimum Gasteiger partial charge on any atom is -0.481 e. The third-order valence-corrected chi connectivity index (χ3v) is 5.47. The van der Waals surface area contributed by atoms with E-state index in [0.29, 0.717) is 6.42 Å². The molecule has 0 bridgehead atoms. The van der Waals surface area contributed by atoms with E-state index in [-0.39, 0.29) is 0 Å². The Bertz CT molecular complexity index is 616. The van der Waals surface area contributed by atoms with Gasteiger partial charge >= 0.3 is 5.97 Å². The van der Waals surface area contributed by atoms with Crippen molar-refractivity contribution in [2.75, 3.05) is 0 Å². The number of thiophene rings is 1. The van der Waals surface area contributed by atoms with Crippen LogP contribution in [0.1, 0.15) is 59.4 Å². The summed E-state index contributed by atoms with van der Waals surface area (Å²) in [6.45, 7) is 2.20. The smallest absolute Gasteiger partial charge is 0.303 e. The fourth-order valence-electron chi connectivity index (χ4n) is 3.08.